The lowest BCUT2D eigenvalue weighted by Gasteiger charge is -2.28. The Morgan fingerprint density at radius 2 is 1.65 bits per heavy atom. The molecule has 0 N–H and O–H groups in total. The van der Waals surface area contributed by atoms with Crippen molar-refractivity contribution in [3.63, 3.8) is 0 Å². The van der Waals surface area contributed by atoms with Crippen molar-refractivity contribution >= 4 is 0 Å². The van der Waals surface area contributed by atoms with E-state index in [2.05, 4.69) is 29.2 Å². The first-order valence-electron chi connectivity index (χ1n) is 7.39. The highest BCUT2D eigenvalue weighted by Crippen LogP contribution is 2.18. The molecule has 0 saturated carbocycles. The highest BCUT2D eigenvalue weighted by molar-refractivity contribution is 5.29. The van der Waals surface area contributed by atoms with Gasteiger partial charge in [0.05, 0.1) is 6.61 Å². The number of benzene rings is 2. The van der Waals surface area contributed by atoms with Crippen molar-refractivity contribution < 1.29 is 4.74 Å². The third-order valence-electron chi connectivity index (χ3n) is 3.84. The second-order valence-electron chi connectivity index (χ2n) is 5.31. The van der Waals surface area contributed by atoms with Gasteiger partial charge in [0.2, 0.25) is 0 Å². The first-order valence-corrected chi connectivity index (χ1v) is 7.39. The summed E-state index contributed by atoms with van der Waals surface area (Å²) in [7, 11) is 0. The van der Waals surface area contributed by atoms with Gasteiger partial charge in [-0.15, -0.1) is 0 Å². The topological polar surface area (TPSA) is 12.5 Å². The summed E-state index contributed by atoms with van der Waals surface area (Å²) in [4.78, 5) is 2.52. The van der Waals surface area contributed by atoms with Crippen LogP contribution in [0.1, 0.15) is 17.5 Å². The van der Waals surface area contributed by atoms with Gasteiger partial charge in [0.1, 0.15) is 5.75 Å². The standard InChI is InChI=1S/C18H21NO/c1-2-9-18(10-3-1)20-14-6-12-19-13-11-16-7-4-5-8-17(16)15-19/h1-5,7-10H,6,11-15H2. The molecule has 20 heavy (non-hydrogen) atoms. The molecular weight excluding hydrogens is 246 g/mol. The molecule has 2 heteroatoms. The summed E-state index contributed by atoms with van der Waals surface area (Å²) >= 11 is 0. The van der Waals surface area contributed by atoms with E-state index in [1.807, 2.05) is 30.3 Å². The lowest BCUT2D eigenvalue weighted by Crippen LogP contribution is -2.31. The van der Waals surface area contributed by atoms with Gasteiger partial charge in [-0.05, 0) is 36.1 Å². The largest absolute Gasteiger partial charge is 0.494 e. The van der Waals surface area contributed by atoms with Gasteiger partial charge in [-0.3, -0.25) is 4.90 Å². The molecule has 0 fully saturated rings. The Bertz CT molecular complexity index is 538. The van der Waals surface area contributed by atoms with E-state index < -0.39 is 0 Å². The van der Waals surface area contributed by atoms with Crippen molar-refractivity contribution in [2.75, 3.05) is 19.7 Å². The summed E-state index contributed by atoms with van der Waals surface area (Å²) in [6, 6.07) is 18.8. The molecule has 2 nitrogen and oxygen atoms in total. The maximum Gasteiger partial charge on any atom is 0.119 e. The zero-order chi connectivity index (χ0) is 13.6. The van der Waals surface area contributed by atoms with E-state index in [1.54, 1.807) is 0 Å². The molecule has 0 aromatic heterocycles. The van der Waals surface area contributed by atoms with Crippen molar-refractivity contribution in [2.24, 2.45) is 0 Å². The Morgan fingerprint density at radius 3 is 2.50 bits per heavy atom. The van der Waals surface area contributed by atoms with E-state index in [-0.39, 0.29) is 0 Å². The maximum atomic E-state index is 5.74. The zero-order valence-corrected chi connectivity index (χ0v) is 11.8. The van der Waals surface area contributed by atoms with Crippen molar-refractivity contribution in [2.45, 2.75) is 19.4 Å². The average molecular weight is 267 g/mol. The second-order valence-corrected chi connectivity index (χ2v) is 5.31. The minimum atomic E-state index is 0.794. The molecule has 1 aliphatic rings. The van der Waals surface area contributed by atoms with Crippen LogP contribution in [-0.2, 0) is 13.0 Å². The molecule has 0 bridgehead atoms. The Hall–Kier alpha value is -1.80. The summed E-state index contributed by atoms with van der Waals surface area (Å²) < 4.78 is 5.74. The van der Waals surface area contributed by atoms with Gasteiger partial charge in [0.15, 0.2) is 0 Å². The molecule has 0 unspecified atom stereocenters. The molecule has 104 valence electrons. The Labute approximate surface area is 121 Å². The normalized spacial score (nSPS) is 14.8. The first-order chi connectivity index (χ1) is 9.92. The van der Waals surface area contributed by atoms with Gasteiger partial charge in [0, 0.05) is 19.6 Å². The highest BCUT2D eigenvalue weighted by atomic mass is 16.5. The van der Waals surface area contributed by atoms with Crippen molar-refractivity contribution in [3.05, 3.63) is 65.7 Å². The maximum absolute atomic E-state index is 5.74. The Kier molecular flexibility index (Phi) is 4.34. The molecule has 0 radical (unpaired) electrons. The molecule has 2 aromatic rings. The minimum Gasteiger partial charge on any atom is -0.494 e. The van der Waals surface area contributed by atoms with E-state index >= 15 is 0 Å². The van der Waals surface area contributed by atoms with Gasteiger partial charge >= 0.3 is 0 Å². The molecule has 0 amide bonds. The van der Waals surface area contributed by atoms with Crippen LogP contribution in [0.3, 0.4) is 0 Å². The van der Waals surface area contributed by atoms with Crippen LogP contribution in [0.2, 0.25) is 0 Å². The summed E-state index contributed by atoms with van der Waals surface area (Å²) in [6.07, 6.45) is 2.26. The van der Waals surface area contributed by atoms with E-state index in [0.29, 0.717) is 0 Å². The molecular formula is C18H21NO. The van der Waals surface area contributed by atoms with Crippen LogP contribution in [-0.4, -0.2) is 24.6 Å². The summed E-state index contributed by atoms with van der Waals surface area (Å²) in [5, 5.41) is 0. The molecule has 0 atom stereocenters. The minimum absolute atomic E-state index is 0.794. The number of rotatable bonds is 5. The number of fused-ring (bicyclic) bond motifs is 1. The van der Waals surface area contributed by atoms with Crippen LogP contribution in [0, 0.1) is 0 Å². The predicted molar refractivity (Wildman–Crippen MR) is 82.0 cm³/mol. The smallest absolute Gasteiger partial charge is 0.119 e. The Morgan fingerprint density at radius 1 is 0.900 bits per heavy atom. The molecule has 1 heterocycles. The number of hydrogen-bond acceptors (Lipinski definition) is 2. The SMILES string of the molecule is c1ccc(OCCCN2CCc3ccccc3C2)cc1. The molecule has 0 aliphatic carbocycles. The van der Waals surface area contributed by atoms with Gasteiger partial charge in [-0.1, -0.05) is 42.5 Å². The van der Waals surface area contributed by atoms with Crippen LogP contribution in [0.15, 0.2) is 54.6 Å². The number of ether oxygens (including phenoxy) is 1. The Balaban J connectivity index is 1.42. The van der Waals surface area contributed by atoms with Crippen molar-refractivity contribution in [1.82, 2.24) is 4.90 Å². The van der Waals surface area contributed by atoms with Crippen LogP contribution in [0.5, 0.6) is 5.75 Å². The summed E-state index contributed by atoms with van der Waals surface area (Å²) in [5.41, 5.74) is 3.01. The molecule has 0 saturated heterocycles. The highest BCUT2D eigenvalue weighted by Gasteiger charge is 2.14. The van der Waals surface area contributed by atoms with E-state index in [9.17, 15) is 0 Å². The van der Waals surface area contributed by atoms with Gasteiger partial charge in [-0.25, -0.2) is 0 Å². The molecule has 0 spiro atoms. The third-order valence-corrected chi connectivity index (χ3v) is 3.84. The summed E-state index contributed by atoms with van der Waals surface area (Å²) in [5.74, 6) is 0.969. The zero-order valence-electron chi connectivity index (χ0n) is 11.8. The lowest BCUT2D eigenvalue weighted by atomic mass is 10.00. The lowest BCUT2D eigenvalue weighted by molar-refractivity contribution is 0.221. The quantitative estimate of drug-likeness (QED) is 0.769. The van der Waals surface area contributed by atoms with Crippen molar-refractivity contribution in [3.8, 4) is 5.75 Å². The fourth-order valence-corrected chi connectivity index (χ4v) is 2.74. The summed E-state index contributed by atoms with van der Waals surface area (Å²) in [6.45, 7) is 4.16. The molecule has 3 rings (SSSR count). The van der Waals surface area contributed by atoms with Gasteiger partial charge in [-0.2, -0.15) is 0 Å². The first kappa shape index (κ1) is 13.2. The van der Waals surface area contributed by atoms with E-state index in [0.717, 1.165) is 31.9 Å². The fraction of sp³-hybridized carbons (Fsp3) is 0.333. The average Bonchev–Trinajstić information content (AvgIpc) is 2.52. The second kappa shape index (κ2) is 6.58. The third kappa shape index (κ3) is 3.40. The monoisotopic (exact) mass is 267 g/mol. The van der Waals surface area contributed by atoms with Crippen LogP contribution < -0.4 is 4.74 Å². The fourth-order valence-electron chi connectivity index (χ4n) is 2.74. The van der Waals surface area contributed by atoms with Gasteiger partial charge in [0.25, 0.3) is 0 Å². The number of nitrogens with zero attached hydrogens (tertiary/aromatic N) is 1. The van der Waals surface area contributed by atoms with Gasteiger partial charge < -0.3 is 4.74 Å². The van der Waals surface area contributed by atoms with Crippen LogP contribution in [0.25, 0.3) is 0 Å². The van der Waals surface area contributed by atoms with E-state index in [4.69, 9.17) is 4.74 Å². The molecule has 2 aromatic carbocycles. The van der Waals surface area contributed by atoms with E-state index in [1.165, 1.54) is 24.1 Å². The predicted octanol–water partition coefficient (Wildman–Crippen LogP) is 3.51. The number of para-hydroxylation sites is 1. The molecule has 1 aliphatic heterocycles. The van der Waals surface area contributed by atoms with Crippen molar-refractivity contribution in [1.29, 1.82) is 0 Å². The van der Waals surface area contributed by atoms with Crippen LogP contribution >= 0.6 is 0 Å². The van der Waals surface area contributed by atoms with Crippen LogP contribution in [0.4, 0.5) is 0 Å². The number of hydrogen-bond donors (Lipinski definition) is 0.